The fourth-order valence-corrected chi connectivity index (χ4v) is 2.20. The number of likely N-dealkylation sites (tertiary alicyclic amines) is 1. The third kappa shape index (κ3) is 3.04. The Labute approximate surface area is 104 Å². The second-order valence-electron chi connectivity index (χ2n) is 4.47. The van der Waals surface area contributed by atoms with E-state index in [0.29, 0.717) is 13.1 Å². The minimum absolute atomic E-state index is 0.103. The maximum atomic E-state index is 13.7. The highest BCUT2D eigenvalue weighted by atomic mass is 19.3. The van der Waals surface area contributed by atoms with Crippen molar-refractivity contribution in [2.24, 2.45) is 0 Å². The van der Waals surface area contributed by atoms with Gasteiger partial charge in [0.2, 0.25) is 0 Å². The number of carbonyl (C=O) groups excluding carboxylic acids is 1. The minimum Gasteiger partial charge on any atom is -0.458 e. The summed E-state index contributed by atoms with van der Waals surface area (Å²) in [6.45, 7) is 0.721. The summed E-state index contributed by atoms with van der Waals surface area (Å²) in [6.07, 6.45) is -1.12. The molecule has 98 valence electrons. The molecule has 1 aromatic rings. The molecule has 0 aliphatic carbocycles. The van der Waals surface area contributed by atoms with Crippen molar-refractivity contribution in [2.45, 2.75) is 25.0 Å². The molecule has 1 aliphatic rings. The zero-order valence-electron chi connectivity index (χ0n) is 9.89. The van der Waals surface area contributed by atoms with Gasteiger partial charge in [0.25, 0.3) is 12.4 Å². The van der Waals surface area contributed by atoms with Gasteiger partial charge in [-0.1, -0.05) is 30.3 Å². The van der Waals surface area contributed by atoms with E-state index in [1.54, 1.807) is 4.90 Å². The highest BCUT2D eigenvalue weighted by molar-refractivity contribution is 5.37. The average Bonchev–Trinajstić information content (AvgIpc) is 2.33. The zero-order valence-corrected chi connectivity index (χ0v) is 9.89. The fourth-order valence-electron chi connectivity index (χ4n) is 2.20. The topological polar surface area (TPSA) is 29.5 Å². The third-order valence-electron chi connectivity index (χ3n) is 3.08. The van der Waals surface area contributed by atoms with E-state index in [1.165, 1.54) is 0 Å². The molecule has 1 heterocycles. The van der Waals surface area contributed by atoms with Crippen molar-refractivity contribution in [1.82, 2.24) is 4.90 Å². The molecule has 0 amide bonds. The molecule has 0 aromatic heterocycles. The summed E-state index contributed by atoms with van der Waals surface area (Å²) < 4.78 is 31.8. The van der Waals surface area contributed by atoms with Crippen LogP contribution in [-0.2, 0) is 16.1 Å². The predicted molar refractivity (Wildman–Crippen MR) is 62.2 cm³/mol. The summed E-state index contributed by atoms with van der Waals surface area (Å²) >= 11 is 0. The van der Waals surface area contributed by atoms with Crippen LogP contribution in [0.5, 0.6) is 0 Å². The molecular weight excluding hydrogens is 240 g/mol. The average molecular weight is 255 g/mol. The second-order valence-corrected chi connectivity index (χ2v) is 4.47. The Morgan fingerprint density at radius 1 is 1.39 bits per heavy atom. The lowest BCUT2D eigenvalue weighted by molar-refractivity contribution is -0.178. The van der Waals surface area contributed by atoms with Crippen LogP contribution >= 0.6 is 0 Å². The first-order valence-corrected chi connectivity index (χ1v) is 5.85. The maximum absolute atomic E-state index is 13.7. The van der Waals surface area contributed by atoms with Gasteiger partial charge >= 0.3 is 0 Å². The molecule has 1 fully saturated rings. The number of halogens is 2. The Kier molecular flexibility index (Phi) is 3.91. The van der Waals surface area contributed by atoms with Crippen LogP contribution in [0.2, 0.25) is 0 Å². The molecule has 18 heavy (non-hydrogen) atoms. The van der Waals surface area contributed by atoms with E-state index in [-0.39, 0.29) is 19.4 Å². The highest BCUT2D eigenvalue weighted by Crippen LogP contribution is 2.30. The zero-order chi connectivity index (χ0) is 13.0. The van der Waals surface area contributed by atoms with Gasteiger partial charge in [-0.05, 0) is 5.56 Å². The van der Waals surface area contributed by atoms with E-state index in [4.69, 9.17) is 0 Å². The summed E-state index contributed by atoms with van der Waals surface area (Å²) in [5, 5.41) is 0. The number of carbonyl (C=O) groups is 1. The van der Waals surface area contributed by atoms with Crippen LogP contribution in [0.3, 0.4) is 0 Å². The van der Waals surface area contributed by atoms with Gasteiger partial charge in [0.05, 0.1) is 6.54 Å². The largest absolute Gasteiger partial charge is 0.458 e. The molecule has 0 radical (unpaired) electrons. The van der Waals surface area contributed by atoms with Gasteiger partial charge in [-0.2, -0.15) is 0 Å². The van der Waals surface area contributed by atoms with Crippen molar-refractivity contribution < 1.29 is 18.3 Å². The lowest BCUT2D eigenvalue weighted by Gasteiger charge is -2.37. The van der Waals surface area contributed by atoms with Gasteiger partial charge < -0.3 is 4.74 Å². The Morgan fingerprint density at radius 2 is 2.11 bits per heavy atom. The van der Waals surface area contributed by atoms with Crippen molar-refractivity contribution in [1.29, 1.82) is 0 Å². The molecule has 5 heteroatoms. The van der Waals surface area contributed by atoms with Crippen LogP contribution in [0.1, 0.15) is 12.0 Å². The molecule has 0 N–H and O–H groups in total. The standard InChI is InChI=1S/C13H15F2NO2/c14-13(15)9-16(7-6-12(13)18-10-17)8-11-4-2-1-3-5-11/h1-5,10,12H,6-9H2. The number of hydrogen-bond acceptors (Lipinski definition) is 3. The SMILES string of the molecule is O=COC1CCN(Cc2ccccc2)CC1(F)F. The van der Waals surface area contributed by atoms with Crippen molar-refractivity contribution in [3.05, 3.63) is 35.9 Å². The number of ether oxygens (including phenoxy) is 1. The van der Waals surface area contributed by atoms with E-state index in [2.05, 4.69) is 4.74 Å². The van der Waals surface area contributed by atoms with E-state index < -0.39 is 12.0 Å². The molecule has 3 nitrogen and oxygen atoms in total. The van der Waals surface area contributed by atoms with Crippen LogP contribution in [0.15, 0.2) is 30.3 Å². The Morgan fingerprint density at radius 3 is 2.72 bits per heavy atom. The normalized spacial score (nSPS) is 23.6. The molecule has 2 rings (SSSR count). The van der Waals surface area contributed by atoms with E-state index in [1.807, 2.05) is 30.3 Å². The Balaban J connectivity index is 1.96. The first-order chi connectivity index (χ1) is 8.62. The molecule has 1 unspecified atom stereocenters. The van der Waals surface area contributed by atoms with Gasteiger partial charge in [-0.3, -0.25) is 9.69 Å². The van der Waals surface area contributed by atoms with Gasteiger partial charge in [0.15, 0.2) is 6.10 Å². The lowest BCUT2D eigenvalue weighted by atomic mass is 10.0. The molecule has 0 bridgehead atoms. The number of piperidine rings is 1. The van der Waals surface area contributed by atoms with Crippen molar-refractivity contribution in [3.63, 3.8) is 0 Å². The highest BCUT2D eigenvalue weighted by Gasteiger charge is 2.46. The summed E-state index contributed by atoms with van der Waals surface area (Å²) in [7, 11) is 0. The van der Waals surface area contributed by atoms with Gasteiger partial charge in [0, 0.05) is 19.5 Å². The number of hydrogen-bond donors (Lipinski definition) is 0. The predicted octanol–water partition coefficient (Wildman–Crippen LogP) is 2.07. The van der Waals surface area contributed by atoms with Crippen LogP contribution < -0.4 is 0 Å². The minimum atomic E-state index is -2.98. The number of rotatable bonds is 4. The second kappa shape index (κ2) is 5.44. The van der Waals surface area contributed by atoms with Crippen molar-refractivity contribution in [3.8, 4) is 0 Å². The number of alkyl halides is 2. The van der Waals surface area contributed by atoms with Crippen molar-refractivity contribution >= 4 is 6.47 Å². The van der Waals surface area contributed by atoms with Gasteiger partial charge in [-0.15, -0.1) is 0 Å². The molecular formula is C13H15F2NO2. The quantitative estimate of drug-likeness (QED) is 0.771. The lowest BCUT2D eigenvalue weighted by Crippen LogP contribution is -2.52. The van der Waals surface area contributed by atoms with Crippen LogP contribution in [0.4, 0.5) is 8.78 Å². The monoisotopic (exact) mass is 255 g/mol. The Hall–Kier alpha value is -1.49. The van der Waals surface area contributed by atoms with E-state index in [0.717, 1.165) is 5.56 Å². The third-order valence-corrected chi connectivity index (χ3v) is 3.08. The van der Waals surface area contributed by atoms with E-state index >= 15 is 0 Å². The summed E-state index contributed by atoms with van der Waals surface area (Å²) in [4.78, 5) is 11.8. The molecule has 1 atom stereocenters. The molecule has 0 spiro atoms. The van der Waals surface area contributed by atoms with E-state index in [9.17, 15) is 13.6 Å². The summed E-state index contributed by atoms with van der Waals surface area (Å²) in [5.41, 5.74) is 1.00. The Bertz CT molecular complexity index is 397. The van der Waals surface area contributed by atoms with Crippen LogP contribution in [0, 0.1) is 0 Å². The maximum Gasteiger partial charge on any atom is 0.296 e. The first kappa shape index (κ1) is 13.0. The summed E-state index contributed by atoms with van der Waals surface area (Å²) in [5.74, 6) is -2.98. The molecule has 0 saturated carbocycles. The first-order valence-electron chi connectivity index (χ1n) is 5.85. The van der Waals surface area contributed by atoms with Gasteiger partial charge in [-0.25, -0.2) is 8.78 Å². The summed E-state index contributed by atoms with van der Waals surface area (Å²) in [6, 6.07) is 9.48. The van der Waals surface area contributed by atoms with Crippen LogP contribution in [-0.4, -0.2) is 36.5 Å². The smallest absolute Gasteiger partial charge is 0.296 e. The molecule has 1 aliphatic heterocycles. The number of nitrogens with zero attached hydrogens (tertiary/aromatic N) is 1. The molecule has 1 saturated heterocycles. The van der Waals surface area contributed by atoms with Crippen LogP contribution in [0.25, 0.3) is 0 Å². The fraction of sp³-hybridized carbons (Fsp3) is 0.462. The van der Waals surface area contributed by atoms with Gasteiger partial charge in [0.1, 0.15) is 0 Å². The van der Waals surface area contributed by atoms with Crippen molar-refractivity contribution in [2.75, 3.05) is 13.1 Å². The molecule has 1 aromatic carbocycles. The number of benzene rings is 1.